The molecule has 1 aromatic heterocycles. The lowest BCUT2D eigenvalue weighted by molar-refractivity contribution is 0.0594. The number of benzene rings is 1. The zero-order valence-electron chi connectivity index (χ0n) is 9.66. The van der Waals surface area contributed by atoms with E-state index >= 15 is 0 Å². The second-order valence-corrected chi connectivity index (χ2v) is 6.07. The maximum absolute atomic E-state index is 11.5. The van der Waals surface area contributed by atoms with E-state index in [1.165, 1.54) is 18.4 Å². The molecule has 0 unspecified atom stereocenters. The largest absolute Gasteiger partial charge is 0.464 e. The van der Waals surface area contributed by atoms with E-state index in [-0.39, 0.29) is 0 Å². The fourth-order valence-electron chi connectivity index (χ4n) is 1.46. The third-order valence-corrected chi connectivity index (χ3v) is 4.15. The van der Waals surface area contributed by atoms with Crippen LogP contribution in [0.15, 0.2) is 22.7 Å². The lowest BCUT2D eigenvalue weighted by Crippen LogP contribution is -2.03. The Morgan fingerprint density at radius 1 is 1.50 bits per heavy atom. The number of aryl methyl sites for hydroxylation is 1. The standard InChI is InChI=1S/C12H9BrClNO2S/c1-6-10(12(16)17-2)15-11(18-6)8-4-3-7(13)5-9(8)14/h3-5H,1-2H3. The zero-order valence-corrected chi connectivity index (χ0v) is 12.8. The summed E-state index contributed by atoms with van der Waals surface area (Å²) in [4.78, 5) is 16.6. The number of hydrogen-bond acceptors (Lipinski definition) is 4. The maximum atomic E-state index is 11.5. The van der Waals surface area contributed by atoms with Gasteiger partial charge in [-0.2, -0.15) is 0 Å². The number of aromatic nitrogens is 1. The van der Waals surface area contributed by atoms with Gasteiger partial charge in [0.15, 0.2) is 5.69 Å². The number of carbonyl (C=O) groups excluding carboxylic acids is 1. The lowest BCUT2D eigenvalue weighted by atomic mass is 10.2. The molecule has 0 bridgehead atoms. The average molecular weight is 347 g/mol. The number of esters is 1. The molecular formula is C12H9BrClNO2S. The third kappa shape index (κ3) is 2.58. The van der Waals surface area contributed by atoms with Crippen molar-refractivity contribution in [3.05, 3.63) is 38.3 Å². The third-order valence-electron chi connectivity index (χ3n) is 2.34. The van der Waals surface area contributed by atoms with Crippen molar-refractivity contribution in [2.45, 2.75) is 6.92 Å². The summed E-state index contributed by atoms with van der Waals surface area (Å²) in [5.41, 5.74) is 1.15. The first-order chi connectivity index (χ1) is 8.52. The number of ether oxygens (including phenoxy) is 1. The molecule has 0 aliphatic rings. The van der Waals surface area contributed by atoms with Gasteiger partial charge in [-0.15, -0.1) is 11.3 Å². The van der Waals surface area contributed by atoms with Crippen molar-refractivity contribution >= 4 is 44.8 Å². The Balaban J connectivity index is 2.49. The van der Waals surface area contributed by atoms with Crippen LogP contribution in [0, 0.1) is 6.92 Å². The zero-order chi connectivity index (χ0) is 13.3. The van der Waals surface area contributed by atoms with Crippen molar-refractivity contribution in [2.75, 3.05) is 7.11 Å². The highest BCUT2D eigenvalue weighted by Gasteiger charge is 2.17. The minimum atomic E-state index is -0.428. The number of carbonyl (C=O) groups is 1. The van der Waals surface area contributed by atoms with E-state index in [4.69, 9.17) is 11.6 Å². The summed E-state index contributed by atoms with van der Waals surface area (Å²) in [6.45, 7) is 1.83. The number of nitrogens with zero attached hydrogens (tertiary/aromatic N) is 1. The second-order valence-electron chi connectivity index (χ2n) is 3.54. The van der Waals surface area contributed by atoms with Gasteiger partial charge >= 0.3 is 5.97 Å². The highest BCUT2D eigenvalue weighted by Crippen LogP contribution is 2.34. The normalized spacial score (nSPS) is 10.4. The minimum Gasteiger partial charge on any atom is -0.464 e. The van der Waals surface area contributed by atoms with Crippen molar-refractivity contribution in [3.63, 3.8) is 0 Å². The first-order valence-corrected chi connectivity index (χ1v) is 7.03. The molecule has 0 N–H and O–H groups in total. The van der Waals surface area contributed by atoms with Crippen LogP contribution in [0.2, 0.25) is 5.02 Å². The van der Waals surface area contributed by atoms with Crippen LogP contribution in [-0.2, 0) is 4.74 Å². The van der Waals surface area contributed by atoms with Crippen molar-refractivity contribution in [1.29, 1.82) is 0 Å². The molecule has 2 rings (SSSR count). The van der Waals surface area contributed by atoms with Crippen LogP contribution in [0.4, 0.5) is 0 Å². The lowest BCUT2D eigenvalue weighted by Gasteiger charge is -2.00. The van der Waals surface area contributed by atoms with E-state index in [2.05, 4.69) is 25.7 Å². The molecule has 6 heteroatoms. The van der Waals surface area contributed by atoms with Gasteiger partial charge in [0, 0.05) is 14.9 Å². The van der Waals surface area contributed by atoms with Crippen LogP contribution < -0.4 is 0 Å². The number of methoxy groups -OCH3 is 1. The quantitative estimate of drug-likeness (QED) is 0.760. The SMILES string of the molecule is COC(=O)c1nc(-c2ccc(Br)cc2Cl)sc1C. The van der Waals surface area contributed by atoms with Gasteiger partial charge in [-0.25, -0.2) is 9.78 Å². The minimum absolute atomic E-state index is 0.344. The summed E-state index contributed by atoms with van der Waals surface area (Å²) >= 11 is 10.9. The Morgan fingerprint density at radius 3 is 2.83 bits per heavy atom. The smallest absolute Gasteiger partial charge is 0.357 e. The summed E-state index contributed by atoms with van der Waals surface area (Å²) in [7, 11) is 1.34. The molecule has 3 nitrogen and oxygen atoms in total. The van der Waals surface area contributed by atoms with Gasteiger partial charge in [-0.05, 0) is 25.1 Å². The molecule has 0 radical (unpaired) electrons. The van der Waals surface area contributed by atoms with Gasteiger partial charge in [0.2, 0.25) is 0 Å². The average Bonchev–Trinajstić information content (AvgIpc) is 2.70. The van der Waals surface area contributed by atoms with Crippen molar-refractivity contribution in [2.24, 2.45) is 0 Å². The van der Waals surface area contributed by atoms with E-state index in [0.29, 0.717) is 15.7 Å². The highest BCUT2D eigenvalue weighted by atomic mass is 79.9. The molecule has 0 saturated carbocycles. The van der Waals surface area contributed by atoms with Gasteiger partial charge in [0.1, 0.15) is 5.01 Å². The summed E-state index contributed by atoms with van der Waals surface area (Å²) in [5, 5.41) is 1.31. The van der Waals surface area contributed by atoms with Gasteiger partial charge in [0.25, 0.3) is 0 Å². The number of hydrogen-bond donors (Lipinski definition) is 0. The van der Waals surface area contributed by atoms with E-state index < -0.39 is 5.97 Å². The molecule has 0 amide bonds. The summed E-state index contributed by atoms with van der Waals surface area (Å²) in [6.07, 6.45) is 0. The molecule has 2 aromatic rings. The summed E-state index contributed by atoms with van der Waals surface area (Å²) in [6, 6.07) is 5.55. The maximum Gasteiger partial charge on any atom is 0.357 e. The molecule has 0 atom stereocenters. The van der Waals surface area contributed by atoms with Crippen LogP contribution in [0.3, 0.4) is 0 Å². The Bertz CT molecular complexity index is 612. The number of thiazole rings is 1. The van der Waals surface area contributed by atoms with E-state index in [9.17, 15) is 4.79 Å². The number of rotatable bonds is 2. The molecule has 1 aromatic carbocycles. The van der Waals surface area contributed by atoms with Gasteiger partial charge in [0.05, 0.1) is 12.1 Å². The Morgan fingerprint density at radius 2 is 2.22 bits per heavy atom. The first kappa shape index (κ1) is 13.5. The van der Waals surface area contributed by atoms with Gasteiger partial charge in [-0.3, -0.25) is 0 Å². The molecule has 0 fully saturated rings. The number of halogens is 2. The van der Waals surface area contributed by atoms with E-state index in [0.717, 1.165) is 14.9 Å². The van der Waals surface area contributed by atoms with Crippen molar-refractivity contribution in [1.82, 2.24) is 4.98 Å². The predicted molar refractivity (Wildman–Crippen MR) is 76.3 cm³/mol. The molecule has 1 heterocycles. The van der Waals surface area contributed by atoms with Gasteiger partial charge < -0.3 is 4.74 Å². The monoisotopic (exact) mass is 345 g/mol. The Labute approximate surface area is 122 Å². The fourth-order valence-corrected chi connectivity index (χ4v) is 3.22. The first-order valence-electron chi connectivity index (χ1n) is 5.04. The Hall–Kier alpha value is -0.910. The van der Waals surface area contributed by atoms with Crippen molar-refractivity contribution < 1.29 is 9.53 Å². The summed E-state index contributed by atoms with van der Waals surface area (Å²) in [5.74, 6) is -0.428. The second kappa shape index (κ2) is 5.38. The van der Waals surface area contributed by atoms with Crippen LogP contribution in [0.1, 0.15) is 15.4 Å². The summed E-state index contributed by atoms with van der Waals surface area (Å²) < 4.78 is 5.58. The Kier molecular flexibility index (Phi) is 4.04. The van der Waals surface area contributed by atoms with Crippen LogP contribution in [0.5, 0.6) is 0 Å². The van der Waals surface area contributed by atoms with Gasteiger partial charge in [-0.1, -0.05) is 27.5 Å². The van der Waals surface area contributed by atoms with E-state index in [1.54, 1.807) is 6.07 Å². The molecule has 0 aliphatic carbocycles. The van der Waals surface area contributed by atoms with Crippen molar-refractivity contribution in [3.8, 4) is 10.6 Å². The fraction of sp³-hybridized carbons (Fsp3) is 0.167. The molecule has 0 spiro atoms. The van der Waals surface area contributed by atoms with Crippen LogP contribution >= 0.6 is 38.9 Å². The highest BCUT2D eigenvalue weighted by molar-refractivity contribution is 9.10. The van der Waals surface area contributed by atoms with E-state index in [1.807, 2.05) is 19.1 Å². The molecule has 18 heavy (non-hydrogen) atoms. The molecule has 0 saturated heterocycles. The molecule has 0 aliphatic heterocycles. The van der Waals surface area contributed by atoms with Crippen LogP contribution in [-0.4, -0.2) is 18.1 Å². The molecule has 94 valence electrons. The molecular weight excluding hydrogens is 338 g/mol. The van der Waals surface area contributed by atoms with Crippen LogP contribution in [0.25, 0.3) is 10.6 Å². The predicted octanol–water partition coefficient (Wildman–Crippen LogP) is 4.32. The topological polar surface area (TPSA) is 39.2 Å².